The number of nitrogens with one attached hydrogen (secondary N) is 1. The summed E-state index contributed by atoms with van der Waals surface area (Å²) in [5, 5.41) is 12.4. The number of anilines is 1. The Labute approximate surface area is 190 Å². The summed E-state index contributed by atoms with van der Waals surface area (Å²) in [4.78, 5) is 31.2. The minimum absolute atomic E-state index is 0.0180. The number of amides is 2. The Morgan fingerprint density at radius 1 is 1.00 bits per heavy atom. The maximum absolute atomic E-state index is 12.8. The number of carbonyl (C=O) groups is 2. The molecule has 0 aromatic heterocycles. The van der Waals surface area contributed by atoms with Crippen LogP contribution in [0, 0.1) is 0 Å². The first-order valence-electron chi connectivity index (χ1n) is 11.3. The van der Waals surface area contributed by atoms with E-state index in [-0.39, 0.29) is 25.0 Å². The van der Waals surface area contributed by atoms with Crippen LogP contribution in [0.5, 0.6) is 0 Å². The molecule has 7 heteroatoms. The molecular formula is C25H34N4O3. The highest BCUT2D eigenvalue weighted by atomic mass is 16.3. The highest BCUT2D eigenvalue weighted by Gasteiger charge is 2.24. The van der Waals surface area contributed by atoms with Crippen LogP contribution in [-0.4, -0.2) is 84.0 Å². The van der Waals surface area contributed by atoms with Crippen LogP contribution in [0.4, 0.5) is 5.69 Å². The molecule has 1 aliphatic rings. The molecule has 1 heterocycles. The number of aryl methyl sites for hydroxylation is 1. The van der Waals surface area contributed by atoms with Gasteiger partial charge in [0, 0.05) is 45.0 Å². The normalized spacial score (nSPS) is 14.5. The van der Waals surface area contributed by atoms with Gasteiger partial charge in [0.15, 0.2) is 0 Å². The predicted octanol–water partition coefficient (Wildman–Crippen LogP) is 1.83. The van der Waals surface area contributed by atoms with Crippen LogP contribution >= 0.6 is 0 Å². The minimum Gasteiger partial charge on any atom is -0.395 e. The van der Waals surface area contributed by atoms with Crippen molar-refractivity contribution in [3.8, 4) is 0 Å². The zero-order valence-corrected chi connectivity index (χ0v) is 18.9. The summed E-state index contributed by atoms with van der Waals surface area (Å²) in [5.41, 5.74) is 3.12. The maximum atomic E-state index is 12.8. The predicted molar refractivity (Wildman–Crippen MR) is 126 cm³/mol. The number of para-hydroxylation sites is 1. The molecule has 1 saturated heterocycles. The van der Waals surface area contributed by atoms with Gasteiger partial charge in [-0.25, -0.2) is 0 Å². The molecule has 2 N–H and O–H groups in total. The Morgan fingerprint density at radius 2 is 1.69 bits per heavy atom. The molecule has 0 saturated carbocycles. The van der Waals surface area contributed by atoms with Crippen molar-refractivity contribution in [2.45, 2.75) is 19.9 Å². The van der Waals surface area contributed by atoms with Gasteiger partial charge in [0.05, 0.1) is 19.7 Å². The van der Waals surface area contributed by atoms with E-state index >= 15 is 0 Å². The van der Waals surface area contributed by atoms with E-state index < -0.39 is 0 Å². The van der Waals surface area contributed by atoms with Gasteiger partial charge in [-0.1, -0.05) is 55.5 Å². The fourth-order valence-electron chi connectivity index (χ4n) is 3.99. The van der Waals surface area contributed by atoms with E-state index in [2.05, 4.69) is 17.1 Å². The first-order chi connectivity index (χ1) is 15.6. The van der Waals surface area contributed by atoms with Gasteiger partial charge in [-0.3, -0.25) is 19.4 Å². The fraction of sp³-hybridized carbons (Fsp3) is 0.440. The van der Waals surface area contributed by atoms with Crippen LogP contribution in [0.15, 0.2) is 54.6 Å². The zero-order valence-electron chi connectivity index (χ0n) is 18.9. The molecule has 1 fully saturated rings. The molecule has 1 aliphatic heterocycles. The van der Waals surface area contributed by atoms with E-state index in [4.69, 9.17) is 0 Å². The lowest BCUT2D eigenvalue weighted by Gasteiger charge is -2.35. The summed E-state index contributed by atoms with van der Waals surface area (Å²) in [7, 11) is 0. The maximum Gasteiger partial charge on any atom is 0.238 e. The molecule has 0 aliphatic carbocycles. The molecule has 172 valence electrons. The van der Waals surface area contributed by atoms with E-state index in [1.165, 1.54) is 0 Å². The first-order valence-corrected chi connectivity index (χ1v) is 11.3. The minimum atomic E-state index is -0.0253. The van der Waals surface area contributed by atoms with Crippen LogP contribution in [0.25, 0.3) is 0 Å². The largest absolute Gasteiger partial charge is 0.395 e. The third kappa shape index (κ3) is 7.15. The van der Waals surface area contributed by atoms with Gasteiger partial charge >= 0.3 is 0 Å². The van der Waals surface area contributed by atoms with Crippen molar-refractivity contribution >= 4 is 17.5 Å². The Hall–Kier alpha value is -2.74. The Kier molecular flexibility index (Phi) is 9.22. The summed E-state index contributed by atoms with van der Waals surface area (Å²) in [6, 6.07) is 17.8. The van der Waals surface area contributed by atoms with Gasteiger partial charge < -0.3 is 15.3 Å². The molecule has 2 aromatic rings. The van der Waals surface area contributed by atoms with Crippen molar-refractivity contribution in [3.05, 3.63) is 65.7 Å². The molecule has 0 unspecified atom stereocenters. The smallest absolute Gasteiger partial charge is 0.238 e. The van der Waals surface area contributed by atoms with Crippen molar-refractivity contribution in [2.75, 3.05) is 57.7 Å². The Balaban J connectivity index is 1.44. The second-order valence-corrected chi connectivity index (χ2v) is 8.14. The molecular weight excluding hydrogens is 404 g/mol. The molecule has 2 aromatic carbocycles. The van der Waals surface area contributed by atoms with Crippen molar-refractivity contribution in [1.29, 1.82) is 0 Å². The number of rotatable bonds is 10. The second kappa shape index (κ2) is 12.3. The van der Waals surface area contributed by atoms with Crippen LogP contribution in [-0.2, 0) is 22.6 Å². The third-order valence-corrected chi connectivity index (χ3v) is 5.79. The van der Waals surface area contributed by atoms with Crippen molar-refractivity contribution < 1.29 is 14.7 Å². The molecule has 32 heavy (non-hydrogen) atoms. The van der Waals surface area contributed by atoms with E-state index in [1.807, 2.05) is 64.4 Å². The standard InChI is InChI=1S/C25H34N4O3/c1-2-22-10-6-7-11-23(22)26-24(31)19-27-12-14-29(15-13-27)25(32)20-28(16-17-30)18-21-8-4-3-5-9-21/h3-11,30H,2,12-20H2,1H3,(H,26,31). The van der Waals surface area contributed by atoms with Gasteiger partial charge in [-0.15, -0.1) is 0 Å². The fourth-order valence-corrected chi connectivity index (χ4v) is 3.99. The van der Waals surface area contributed by atoms with Crippen molar-refractivity contribution in [3.63, 3.8) is 0 Å². The highest BCUT2D eigenvalue weighted by Crippen LogP contribution is 2.15. The highest BCUT2D eigenvalue weighted by molar-refractivity contribution is 5.93. The average molecular weight is 439 g/mol. The molecule has 7 nitrogen and oxygen atoms in total. The lowest BCUT2D eigenvalue weighted by molar-refractivity contribution is -0.134. The topological polar surface area (TPSA) is 76.1 Å². The van der Waals surface area contributed by atoms with E-state index in [0.717, 1.165) is 23.2 Å². The summed E-state index contributed by atoms with van der Waals surface area (Å²) < 4.78 is 0. The van der Waals surface area contributed by atoms with Crippen LogP contribution in [0.3, 0.4) is 0 Å². The first kappa shape index (κ1) is 23.9. The quantitative estimate of drug-likeness (QED) is 0.592. The Morgan fingerprint density at radius 3 is 2.38 bits per heavy atom. The van der Waals surface area contributed by atoms with Crippen molar-refractivity contribution in [1.82, 2.24) is 14.7 Å². The number of aliphatic hydroxyl groups excluding tert-OH is 1. The van der Waals surface area contributed by atoms with Crippen molar-refractivity contribution in [2.24, 2.45) is 0 Å². The molecule has 0 spiro atoms. The number of aliphatic hydroxyl groups is 1. The van der Waals surface area contributed by atoms with Crippen LogP contribution in [0.2, 0.25) is 0 Å². The Bertz CT molecular complexity index is 867. The molecule has 3 rings (SSSR count). The number of hydrogen-bond acceptors (Lipinski definition) is 5. The lowest BCUT2D eigenvalue weighted by atomic mass is 10.1. The summed E-state index contributed by atoms with van der Waals surface area (Å²) in [5.74, 6) is 0.0398. The van der Waals surface area contributed by atoms with E-state index in [9.17, 15) is 14.7 Å². The molecule has 2 amide bonds. The van der Waals surface area contributed by atoms with Gasteiger partial charge in [0.2, 0.25) is 11.8 Å². The van der Waals surface area contributed by atoms with Crippen LogP contribution < -0.4 is 5.32 Å². The summed E-state index contributed by atoms with van der Waals surface area (Å²) in [6.07, 6.45) is 0.870. The second-order valence-electron chi connectivity index (χ2n) is 8.14. The monoisotopic (exact) mass is 438 g/mol. The van der Waals surface area contributed by atoms with Gasteiger partial charge in [-0.05, 0) is 23.6 Å². The third-order valence-electron chi connectivity index (χ3n) is 5.79. The zero-order chi connectivity index (χ0) is 22.8. The molecule has 0 radical (unpaired) electrons. The molecule has 0 atom stereocenters. The lowest BCUT2D eigenvalue weighted by Crippen LogP contribution is -2.52. The summed E-state index contributed by atoms with van der Waals surface area (Å²) >= 11 is 0. The van der Waals surface area contributed by atoms with E-state index in [1.54, 1.807) is 0 Å². The summed E-state index contributed by atoms with van der Waals surface area (Å²) in [6.45, 7) is 6.35. The number of piperazine rings is 1. The van der Waals surface area contributed by atoms with Crippen LogP contribution in [0.1, 0.15) is 18.1 Å². The van der Waals surface area contributed by atoms with E-state index in [0.29, 0.717) is 45.8 Å². The number of benzene rings is 2. The van der Waals surface area contributed by atoms with Gasteiger partial charge in [0.1, 0.15) is 0 Å². The number of nitrogens with zero attached hydrogens (tertiary/aromatic N) is 3. The van der Waals surface area contributed by atoms with Gasteiger partial charge in [-0.2, -0.15) is 0 Å². The number of hydrogen-bond donors (Lipinski definition) is 2. The number of carbonyl (C=O) groups excluding carboxylic acids is 2. The van der Waals surface area contributed by atoms with Gasteiger partial charge in [0.25, 0.3) is 0 Å². The average Bonchev–Trinajstić information content (AvgIpc) is 2.80. The SMILES string of the molecule is CCc1ccccc1NC(=O)CN1CCN(C(=O)CN(CCO)Cc2ccccc2)CC1. The molecule has 0 bridgehead atoms.